The van der Waals surface area contributed by atoms with Gasteiger partial charge in [-0.05, 0) is 24.1 Å². The standard InChI is InChI=1S/C12H13BrN2O/c1-8-5-9(6-12-14-3-4-15-12)10(13)7-11(8)16-2/h3-5,7H,6H2,1-2H3,(H,14,15). The average molecular weight is 281 g/mol. The summed E-state index contributed by atoms with van der Waals surface area (Å²) in [5, 5.41) is 0. The Balaban J connectivity index is 2.31. The Morgan fingerprint density at radius 3 is 2.88 bits per heavy atom. The summed E-state index contributed by atoms with van der Waals surface area (Å²) in [6.07, 6.45) is 4.39. The molecule has 16 heavy (non-hydrogen) atoms. The van der Waals surface area contributed by atoms with Crippen molar-refractivity contribution in [3.8, 4) is 5.75 Å². The van der Waals surface area contributed by atoms with E-state index in [1.165, 1.54) is 5.56 Å². The quantitative estimate of drug-likeness (QED) is 0.938. The van der Waals surface area contributed by atoms with Crippen molar-refractivity contribution in [1.82, 2.24) is 9.97 Å². The van der Waals surface area contributed by atoms with E-state index in [1.807, 2.05) is 19.2 Å². The van der Waals surface area contributed by atoms with Crippen LogP contribution in [0.1, 0.15) is 17.0 Å². The van der Waals surface area contributed by atoms with Crippen molar-refractivity contribution in [2.24, 2.45) is 0 Å². The molecule has 84 valence electrons. The van der Waals surface area contributed by atoms with E-state index in [2.05, 4.69) is 32.0 Å². The van der Waals surface area contributed by atoms with Crippen molar-refractivity contribution in [1.29, 1.82) is 0 Å². The van der Waals surface area contributed by atoms with E-state index in [1.54, 1.807) is 13.3 Å². The lowest BCUT2D eigenvalue weighted by molar-refractivity contribution is 0.411. The molecule has 3 nitrogen and oxygen atoms in total. The highest BCUT2D eigenvalue weighted by atomic mass is 79.9. The van der Waals surface area contributed by atoms with E-state index in [-0.39, 0.29) is 0 Å². The zero-order valence-corrected chi connectivity index (χ0v) is 10.8. The number of aromatic nitrogens is 2. The first-order chi connectivity index (χ1) is 7.70. The van der Waals surface area contributed by atoms with Gasteiger partial charge in [0.15, 0.2) is 0 Å². The van der Waals surface area contributed by atoms with Gasteiger partial charge >= 0.3 is 0 Å². The first kappa shape index (κ1) is 11.2. The van der Waals surface area contributed by atoms with Gasteiger partial charge in [-0.3, -0.25) is 0 Å². The largest absolute Gasteiger partial charge is 0.496 e. The third-order valence-corrected chi connectivity index (χ3v) is 3.21. The fourth-order valence-corrected chi connectivity index (χ4v) is 2.12. The monoisotopic (exact) mass is 280 g/mol. The van der Waals surface area contributed by atoms with Crippen LogP contribution in [0.3, 0.4) is 0 Å². The summed E-state index contributed by atoms with van der Waals surface area (Å²) in [6, 6.07) is 4.11. The molecule has 4 heteroatoms. The van der Waals surface area contributed by atoms with Gasteiger partial charge in [-0.1, -0.05) is 22.0 Å². The predicted octanol–water partition coefficient (Wildman–Crippen LogP) is 3.08. The Morgan fingerprint density at radius 2 is 2.25 bits per heavy atom. The van der Waals surface area contributed by atoms with Gasteiger partial charge in [-0.2, -0.15) is 0 Å². The first-order valence-electron chi connectivity index (χ1n) is 5.02. The number of imidazole rings is 1. The topological polar surface area (TPSA) is 37.9 Å². The van der Waals surface area contributed by atoms with Crippen LogP contribution in [-0.2, 0) is 6.42 Å². The van der Waals surface area contributed by atoms with Crippen LogP contribution in [0.15, 0.2) is 29.0 Å². The molecule has 1 N–H and O–H groups in total. The van der Waals surface area contributed by atoms with E-state index in [0.717, 1.165) is 28.0 Å². The van der Waals surface area contributed by atoms with E-state index in [4.69, 9.17) is 4.74 Å². The van der Waals surface area contributed by atoms with Crippen LogP contribution < -0.4 is 4.74 Å². The van der Waals surface area contributed by atoms with Gasteiger partial charge in [0.2, 0.25) is 0 Å². The number of aromatic amines is 1. The normalized spacial score (nSPS) is 10.4. The van der Waals surface area contributed by atoms with E-state index < -0.39 is 0 Å². The van der Waals surface area contributed by atoms with Gasteiger partial charge in [0, 0.05) is 23.3 Å². The molecule has 0 aliphatic heterocycles. The minimum atomic E-state index is 0.790. The van der Waals surface area contributed by atoms with E-state index in [9.17, 15) is 0 Å². The van der Waals surface area contributed by atoms with Crippen LogP contribution in [0, 0.1) is 6.92 Å². The molecule has 0 bridgehead atoms. The van der Waals surface area contributed by atoms with E-state index in [0.29, 0.717) is 0 Å². The molecule has 0 amide bonds. The Morgan fingerprint density at radius 1 is 1.44 bits per heavy atom. The Bertz CT molecular complexity index is 480. The Kier molecular flexibility index (Phi) is 3.29. The fraction of sp³-hybridized carbons (Fsp3) is 0.250. The van der Waals surface area contributed by atoms with Crippen molar-refractivity contribution in [3.63, 3.8) is 0 Å². The highest BCUT2D eigenvalue weighted by Gasteiger charge is 2.07. The highest BCUT2D eigenvalue weighted by molar-refractivity contribution is 9.10. The summed E-state index contributed by atoms with van der Waals surface area (Å²) >= 11 is 3.55. The van der Waals surface area contributed by atoms with Crippen LogP contribution in [0.25, 0.3) is 0 Å². The molecule has 1 heterocycles. The Hall–Kier alpha value is -1.29. The molecule has 0 saturated heterocycles. The summed E-state index contributed by atoms with van der Waals surface area (Å²) in [5.74, 6) is 1.86. The summed E-state index contributed by atoms with van der Waals surface area (Å²) < 4.78 is 6.31. The number of methoxy groups -OCH3 is 1. The number of rotatable bonds is 3. The summed E-state index contributed by atoms with van der Waals surface area (Å²) in [7, 11) is 1.68. The minimum absolute atomic E-state index is 0.790. The third kappa shape index (κ3) is 2.27. The maximum absolute atomic E-state index is 5.26. The number of benzene rings is 1. The molecular weight excluding hydrogens is 268 g/mol. The summed E-state index contributed by atoms with van der Waals surface area (Å²) in [4.78, 5) is 7.31. The lowest BCUT2D eigenvalue weighted by Crippen LogP contribution is -1.95. The molecule has 1 aromatic heterocycles. The molecule has 0 radical (unpaired) electrons. The molecule has 0 aliphatic carbocycles. The number of hydrogen-bond donors (Lipinski definition) is 1. The van der Waals surface area contributed by atoms with Crippen molar-refractivity contribution < 1.29 is 4.74 Å². The molecular formula is C12H13BrN2O. The van der Waals surface area contributed by atoms with Crippen molar-refractivity contribution in [2.75, 3.05) is 7.11 Å². The van der Waals surface area contributed by atoms with Crippen molar-refractivity contribution >= 4 is 15.9 Å². The smallest absolute Gasteiger partial charge is 0.122 e. The lowest BCUT2D eigenvalue weighted by atomic mass is 10.1. The molecule has 0 saturated carbocycles. The van der Waals surface area contributed by atoms with Gasteiger partial charge in [0.25, 0.3) is 0 Å². The second kappa shape index (κ2) is 4.70. The second-order valence-corrected chi connectivity index (χ2v) is 4.48. The molecule has 0 atom stereocenters. The fourth-order valence-electron chi connectivity index (χ4n) is 1.65. The number of nitrogens with one attached hydrogen (secondary N) is 1. The average Bonchev–Trinajstić information content (AvgIpc) is 2.75. The van der Waals surface area contributed by atoms with Crippen LogP contribution in [0.4, 0.5) is 0 Å². The van der Waals surface area contributed by atoms with Gasteiger partial charge in [-0.15, -0.1) is 0 Å². The lowest BCUT2D eigenvalue weighted by Gasteiger charge is -2.09. The third-order valence-electron chi connectivity index (χ3n) is 2.48. The van der Waals surface area contributed by atoms with E-state index >= 15 is 0 Å². The summed E-state index contributed by atoms with van der Waals surface area (Å²) in [6.45, 7) is 2.04. The number of halogens is 1. The van der Waals surface area contributed by atoms with Crippen molar-refractivity contribution in [2.45, 2.75) is 13.3 Å². The maximum Gasteiger partial charge on any atom is 0.122 e. The van der Waals surface area contributed by atoms with Gasteiger partial charge in [-0.25, -0.2) is 4.98 Å². The molecule has 0 spiro atoms. The van der Waals surface area contributed by atoms with Crippen LogP contribution in [0.2, 0.25) is 0 Å². The summed E-state index contributed by atoms with van der Waals surface area (Å²) in [5.41, 5.74) is 2.33. The van der Waals surface area contributed by atoms with Crippen LogP contribution in [-0.4, -0.2) is 17.1 Å². The van der Waals surface area contributed by atoms with Gasteiger partial charge in [0.1, 0.15) is 11.6 Å². The number of ether oxygens (including phenoxy) is 1. The molecule has 0 aliphatic rings. The van der Waals surface area contributed by atoms with Crippen molar-refractivity contribution in [3.05, 3.63) is 46.0 Å². The SMILES string of the molecule is COc1cc(Br)c(Cc2ncc[nH]2)cc1C. The van der Waals surface area contributed by atoms with Gasteiger partial charge in [0.05, 0.1) is 7.11 Å². The Labute approximate surface area is 103 Å². The number of hydrogen-bond acceptors (Lipinski definition) is 2. The van der Waals surface area contributed by atoms with Crippen LogP contribution >= 0.6 is 15.9 Å². The molecule has 2 aromatic rings. The zero-order chi connectivity index (χ0) is 11.5. The zero-order valence-electron chi connectivity index (χ0n) is 9.25. The van der Waals surface area contributed by atoms with Crippen LogP contribution in [0.5, 0.6) is 5.75 Å². The number of H-pyrrole nitrogens is 1. The predicted molar refractivity (Wildman–Crippen MR) is 66.8 cm³/mol. The number of nitrogens with zero attached hydrogens (tertiary/aromatic N) is 1. The first-order valence-corrected chi connectivity index (χ1v) is 5.81. The molecule has 0 unspecified atom stereocenters. The van der Waals surface area contributed by atoms with Gasteiger partial charge < -0.3 is 9.72 Å². The second-order valence-electron chi connectivity index (χ2n) is 3.63. The minimum Gasteiger partial charge on any atom is -0.496 e. The maximum atomic E-state index is 5.26. The molecule has 0 fully saturated rings. The molecule has 2 rings (SSSR count). The number of aryl methyl sites for hydroxylation is 1. The molecule has 1 aromatic carbocycles. The highest BCUT2D eigenvalue weighted by Crippen LogP contribution is 2.28.